The Morgan fingerprint density at radius 3 is 2.54 bits per heavy atom. The highest BCUT2D eigenvalue weighted by molar-refractivity contribution is 5.79. The third kappa shape index (κ3) is 3.03. The van der Waals surface area contributed by atoms with Gasteiger partial charge in [0.2, 0.25) is 0 Å². The molecule has 0 aliphatic carbocycles. The van der Waals surface area contributed by atoms with Gasteiger partial charge >= 0.3 is 0 Å². The zero-order chi connectivity index (χ0) is 16.9. The van der Waals surface area contributed by atoms with Gasteiger partial charge in [-0.2, -0.15) is 5.26 Å². The summed E-state index contributed by atoms with van der Waals surface area (Å²) in [6.07, 6.45) is 1.70. The van der Waals surface area contributed by atoms with Crippen LogP contribution in [0.2, 0.25) is 0 Å². The lowest BCUT2D eigenvalue weighted by atomic mass is 9.99. The number of aromatic nitrogens is 2. The molecule has 2 N–H and O–H groups in total. The molecule has 0 amide bonds. The van der Waals surface area contributed by atoms with Gasteiger partial charge in [-0.05, 0) is 42.8 Å². The van der Waals surface area contributed by atoms with Gasteiger partial charge in [-0.15, -0.1) is 0 Å². The zero-order valence-corrected chi connectivity index (χ0v) is 13.2. The Bertz CT molecular complexity index is 884. The summed E-state index contributed by atoms with van der Waals surface area (Å²) < 4.78 is 5.46. The Morgan fingerprint density at radius 2 is 1.92 bits per heavy atom. The number of benzene rings is 1. The summed E-state index contributed by atoms with van der Waals surface area (Å²) in [7, 11) is 0. The van der Waals surface area contributed by atoms with E-state index in [1.807, 2.05) is 55.5 Å². The molecule has 0 fully saturated rings. The summed E-state index contributed by atoms with van der Waals surface area (Å²) in [4.78, 5) is 8.61. The number of hydrogen-bond donors (Lipinski definition) is 1. The number of rotatable bonds is 4. The van der Waals surface area contributed by atoms with Gasteiger partial charge < -0.3 is 10.5 Å². The molecular formula is C19H16N4O. The van der Waals surface area contributed by atoms with Crippen LogP contribution in [0.3, 0.4) is 0 Å². The van der Waals surface area contributed by atoms with Gasteiger partial charge in [-0.3, -0.25) is 4.98 Å². The van der Waals surface area contributed by atoms with Crippen LogP contribution in [0.25, 0.3) is 22.5 Å². The van der Waals surface area contributed by atoms with E-state index in [1.165, 1.54) is 0 Å². The van der Waals surface area contributed by atoms with Crippen molar-refractivity contribution < 1.29 is 4.74 Å². The van der Waals surface area contributed by atoms with Crippen LogP contribution in [0.15, 0.2) is 54.7 Å². The van der Waals surface area contributed by atoms with Gasteiger partial charge in [0.15, 0.2) is 0 Å². The molecule has 0 unspecified atom stereocenters. The van der Waals surface area contributed by atoms with Crippen molar-refractivity contribution in [3.63, 3.8) is 0 Å². The molecule has 0 saturated heterocycles. The summed E-state index contributed by atoms with van der Waals surface area (Å²) in [6, 6.07) is 17.1. The Labute approximate surface area is 140 Å². The number of nitrogens with zero attached hydrogens (tertiary/aromatic N) is 3. The molecule has 118 valence electrons. The Morgan fingerprint density at radius 1 is 1.12 bits per heavy atom. The first-order valence-corrected chi connectivity index (χ1v) is 7.58. The minimum Gasteiger partial charge on any atom is -0.494 e. The van der Waals surface area contributed by atoms with E-state index in [-0.39, 0.29) is 5.82 Å². The van der Waals surface area contributed by atoms with Crippen molar-refractivity contribution in [2.75, 3.05) is 12.3 Å². The van der Waals surface area contributed by atoms with E-state index in [4.69, 9.17) is 10.5 Å². The van der Waals surface area contributed by atoms with Crippen molar-refractivity contribution in [1.82, 2.24) is 9.97 Å². The predicted molar refractivity (Wildman–Crippen MR) is 93.2 cm³/mol. The fraction of sp³-hybridized carbons (Fsp3) is 0.105. The Hall–Kier alpha value is -3.39. The lowest BCUT2D eigenvalue weighted by Crippen LogP contribution is -2.00. The van der Waals surface area contributed by atoms with Gasteiger partial charge in [0.05, 0.1) is 18.0 Å². The topological polar surface area (TPSA) is 84.8 Å². The highest BCUT2D eigenvalue weighted by atomic mass is 16.5. The summed E-state index contributed by atoms with van der Waals surface area (Å²) in [6.45, 7) is 2.54. The quantitative estimate of drug-likeness (QED) is 0.794. The molecular weight excluding hydrogens is 300 g/mol. The molecule has 0 aliphatic rings. The molecule has 0 aliphatic heterocycles. The van der Waals surface area contributed by atoms with Crippen molar-refractivity contribution in [2.24, 2.45) is 0 Å². The highest BCUT2D eigenvalue weighted by Gasteiger charge is 2.14. The second-order valence-corrected chi connectivity index (χ2v) is 5.10. The SMILES string of the molecule is CCOc1ccc(-c2cc(-c3ccccn3)nc(N)c2C#N)cc1. The molecule has 2 heterocycles. The number of ether oxygens (including phenoxy) is 1. The van der Waals surface area contributed by atoms with E-state index in [0.29, 0.717) is 23.6 Å². The molecule has 0 radical (unpaired) electrons. The van der Waals surface area contributed by atoms with E-state index >= 15 is 0 Å². The van der Waals surface area contributed by atoms with Crippen LogP contribution < -0.4 is 10.5 Å². The number of nitriles is 1. The van der Waals surface area contributed by atoms with Crippen LogP contribution in [-0.4, -0.2) is 16.6 Å². The van der Waals surface area contributed by atoms with Crippen molar-refractivity contribution in [3.8, 4) is 34.3 Å². The average Bonchev–Trinajstić information content (AvgIpc) is 2.63. The van der Waals surface area contributed by atoms with Gasteiger partial charge in [0.25, 0.3) is 0 Å². The predicted octanol–water partition coefficient (Wildman–Crippen LogP) is 3.66. The molecule has 0 saturated carbocycles. The molecule has 3 rings (SSSR count). The molecule has 2 aromatic heterocycles. The lowest BCUT2D eigenvalue weighted by molar-refractivity contribution is 0.340. The normalized spacial score (nSPS) is 10.2. The Balaban J connectivity index is 2.12. The minimum absolute atomic E-state index is 0.199. The maximum atomic E-state index is 9.45. The van der Waals surface area contributed by atoms with Crippen LogP contribution >= 0.6 is 0 Å². The van der Waals surface area contributed by atoms with Crippen molar-refractivity contribution in [3.05, 3.63) is 60.3 Å². The molecule has 0 bridgehead atoms. The highest BCUT2D eigenvalue weighted by Crippen LogP contribution is 2.31. The number of nitrogens with two attached hydrogens (primary N) is 1. The smallest absolute Gasteiger partial charge is 0.142 e. The molecule has 24 heavy (non-hydrogen) atoms. The van der Waals surface area contributed by atoms with Crippen LogP contribution in [0.4, 0.5) is 5.82 Å². The summed E-state index contributed by atoms with van der Waals surface area (Å²) in [5, 5.41) is 9.45. The summed E-state index contributed by atoms with van der Waals surface area (Å²) >= 11 is 0. The first-order chi connectivity index (χ1) is 11.7. The standard InChI is InChI=1S/C19H16N4O/c1-2-24-14-8-6-13(7-9-14)15-11-18(17-5-3-4-10-22-17)23-19(21)16(15)12-20/h3-11H,2H2,1H3,(H2,21,23). The van der Waals surface area contributed by atoms with Crippen LogP contribution in [0.1, 0.15) is 12.5 Å². The van der Waals surface area contributed by atoms with Gasteiger partial charge in [0, 0.05) is 11.8 Å². The van der Waals surface area contributed by atoms with Crippen LogP contribution in [-0.2, 0) is 0 Å². The molecule has 0 atom stereocenters. The largest absolute Gasteiger partial charge is 0.494 e. The van der Waals surface area contributed by atoms with Crippen molar-refractivity contribution >= 4 is 5.82 Å². The Kier molecular flexibility index (Phi) is 4.39. The average molecular weight is 316 g/mol. The van der Waals surface area contributed by atoms with Crippen LogP contribution in [0.5, 0.6) is 5.75 Å². The van der Waals surface area contributed by atoms with E-state index in [9.17, 15) is 5.26 Å². The first kappa shape index (κ1) is 15.5. The molecule has 5 heteroatoms. The van der Waals surface area contributed by atoms with E-state index in [0.717, 1.165) is 16.9 Å². The first-order valence-electron chi connectivity index (χ1n) is 7.58. The van der Waals surface area contributed by atoms with Crippen LogP contribution in [0, 0.1) is 11.3 Å². The van der Waals surface area contributed by atoms with Crippen molar-refractivity contribution in [2.45, 2.75) is 6.92 Å². The van der Waals surface area contributed by atoms with E-state index in [2.05, 4.69) is 16.0 Å². The third-order valence-electron chi connectivity index (χ3n) is 3.56. The summed E-state index contributed by atoms with van der Waals surface area (Å²) in [5.74, 6) is 0.983. The van der Waals surface area contributed by atoms with E-state index in [1.54, 1.807) is 6.20 Å². The lowest BCUT2D eigenvalue weighted by Gasteiger charge is -2.10. The molecule has 3 aromatic rings. The molecule has 5 nitrogen and oxygen atoms in total. The van der Waals surface area contributed by atoms with Crippen molar-refractivity contribution in [1.29, 1.82) is 5.26 Å². The fourth-order valence-electron chi connectivity index (χ4n) is 2.45. The van der Waals surface area contributed by atoms with E-state index < -0.39 is 0 Å². The second kappa shape index (κ2) is 6.80. The second-order valence-electron chi connectivity index (χ2n) is 5.10. The van der Waals surface area contributed by atoms with Gasteiger partial charge in [-0.1, -0.05) is 18.2 Å². The maximum Gasteiger partial charge on any atom is 0.142 e. The number of hydrogen-bond acceptors (Lipinski definition) is 5. The minimum atomic E-state index is 0.199. The number of nitrogen functional groups attached to an aromatic ring is 1. The maximum absolute atomic E-state index is 9.45. The number of anilines is 1. The third-order valence-corrected chi connectivity index (χ3v) is 3.56. The zero-order valence-electron chi connectivity index (χ0n) is 13.2. The fourth-order valence-corrected chi connectivity index (χ4v) is 2.45. The van der Waals surface area contributed by atoms with Gasteiger partial charge in [-0.25, -0.2) is 4.98 Å². The molecule has 1 aromatic carbocycles. The monoisotopic (exact) mass is 316 g/mol. The van der Waals surface area contributed by atoms with Gasteiger partial charge in [0.1, 0.15) is 23.2 Å². The number of pyridine rings is 2. The summed E-state index contributed by atoms with van der Waals surface area (Å²) in [5.41, 5.74) is 9.31. The molecule has 0 spiro atoms.